The van der Waals surface area contributed by atoms with Gasteiger partial charge in [-0.2, -0.15) is 0 Å². The first-order chi connectivity index (χ1) is 10.3. The van der Waals surface area contributed by atoms with E-state index in [2.05, 4.69) is 34.5 Å². The van der Waals surface area contributed by atoms with Crippen LogP contribution in [0.1, 0.15) is 31.2 Å². The SMILES string of the molecule is COc1ccc(CCCCNC2CN3CCC2CC3)cc1. The molecule has 3 saturated heterocycles. The van der Waals surface area contributed by atoms with Crippen LogP contribution in [0.25, 0.3) is 0 Å². The first kappa shape index (κ1) is 14.9. The molecular weight excluding hydrogens is 260 g/mol. The van der Waals surface area contributed by atoms with E-state index < -0.39 is 0 Å². The molecule has 4 rings (SSSR count). The van der Waals surface area contributed by atoms with E-state index in [-0.39, 0.29) is 0 Å². The molecule has 0 aliphatic carbocycles. The minimum Gasteiger partial charge on any atom is -0.497 e. The highest BCUT2D eigenvalue weighted by Gasteiger charge is 2.33. The molecule has 1 N–H and O–H groups in total. The number of benzene rings is 1. The smallest absolute Gasteiger partial charge is 0.118 e. The summed E-state index contributed by atoms with van der Waals surface area (Å²) in [6.07, 6.45) is 6.52. The van der Waals surface area contributed by atoms with E-state index in [1.165, 1.54) is 63.8 Å². The van der Waals surface area contributed by atoms with Gasteiger partial charge < -0.3 is 15.0 Å². The highest BCUT2D eigenvalue weighted by Crippen LogP contribution is 2.27. The zero-order valence-corrected chi connectivity index (χ0v) is 13.2. The molecule has 1 unspecified atom stereocenters. The second kappa shape index (κ2) is 7.28. The topological polar surface area (TPSA) is 24.5 Å². The van der Waals surface area contributed by atoms with Gasteiger partial charge >= 0.3 is 0 Å². The van der Waals surface area contributed by atoms with E-state index in [9.17, 15) is 0 Å². The van der Waals surface area contributed by atoms with Crippen LogP contribution in [0.5, 0.6) is 5.75 Å². The van der Waals surface area contributed by atoms with Crippen molar-refractivity contribution < 1.29 is 4.74 Å². The molecule has 0 aromatic heterocycles. The Bertz CT molecular complexity index is 423. The van der Waals surface area contributed by atoms with Crippen LogP contribution in [0, 0.1) is 5.92 Å². The van der Waals surface area contributed by atoms with Crippen LogP contribution in [0.3, 0.4) is 0 Å². The van der Waals surface area contributed by atoms with Crippen LogP contribution >= 0.6 is 0 Å². The van der Waals surface area contributed by atoms with Crippen LogP contribution in [0.15, 0.2) is 24.3 Å². The summed E-state index contributed by atoms with van der Waals surface area (Å²) in [5.41, 5.74) is 1.42. The van der Waals surface area contributed by atoms with Crippen molar-refractivity contribution in [3.63, 3.8) is 0 Å². The lowest BCUT2D eigenvalue weighted by atomic mass is 9.84. The van der Waals surface area contributed by atoms with Gasteiger partial charge in [0.2, 0.25) is 0 Å². The average Bonchev–Trinajstić information content (AvgIpc) is 2.56. The maximum Gasteiger partial charge on any atom is 0.118 e. The van der Waals surface area contributed by atoms with E-state index in [1.807, 2.05) is 0 Å². The second-order valence-corrected chi connectivity index (χ2v) is 6.50. The fraction of sp³-hybridized carbons (Fsp3) is 0.667. The number of hydrogen-bond acceptors (Lipinski definition) is 3. The van der Waals surface area contributed by atoms with Crippen molar-refractivity contribution >= 4 is 0 Å². The number of rotatable bonds is 7. The van der Waals surface area contributed by atoms with Crippen molar-refractivity contribution in [1.82, 2.24) is 10.2 Å². The molecule has 3 aliphatic rings. The molecule has 21 heavy (non-hydrogen) atoms. The van der Waals surface area contributed by atoms with Crippen molar-refractivity contribution in [2.75, 3.05) is 33.3 Å². The van der Waals surface area contributed by atoms with Crippen molar-refractivity contribution in [2.24, 2.45) is 5.92 Å². The summed E-state index contributed by atoms with van der Waals surface area (Å²) < 4.78 is 5.19. The molecule has 3 aliphatic heterocycles. The van der Waals surface area contributed by atoms with E-state index >= 15 is 0 Å². The van der Waals surface area contributed by atoms with Crippen molar-refractivity contribution in [3.8, 4) is 5.75 Å². The lowest BCUT2D eigenvalue weighted by molar-refractivity contribution is 0.0727. The molecule has 0 amide bonds. The number of ether oxygens (including phenoxy) is 1. The Labute approximate surface area is 128 Å². The Hall–Kier alpha value is -1.06. The Morgan fingerprint density at radius 2 is 1.90 bits per heavy atom. The molecular formula is C18H28N2O. The molecule has 0 saturated carbocycles. The molecule has 2 bridgehead atoms. The maximum absolute atomic E-state index is 5.19. The number of nitrogens with zero attached hydrogens (tertiary/aromatic N) is 1. The maximum atomic E-state index is 5.19. The zero-order chi connectivity index (χ0) is 14.5. The molecule has 1 atom stereocenters. The van der Waals surface area contributed by atoms with Gasteiger partial charge in [0.15, 0.2) is 0 Å². The van der Waals surface area contributed by atoms with Gasteiger partial charge in [0.1, 0.15) is 5.75 Å². The zero-order valence-electron chi connectivity index (χ0n) is 13.2. The molecule has 3 heteroatoms. The van der Waals surface area contributed by atoms with E-state index in [1.54, 1.807) is 7.11 Å². The fourth-order valence-corrected chi connectivity index (χ4v) is 3.73. The Morgan fingerprint density at radius 3 is 2.52 bits per heavy atom. The van der Waals surface area contributed by atoms with Gasteiger partial charge in [-0.25, -0.2) is 0 Å². The number of methoxy groups -OCH3 is 1. The third-order valence-corrected chi connectivity index (χ3v) is 5.11. The van der Waals surface area contributed by atoms with Crippen LogP contribution in [0.4, 0.5) is 0 Å². The summed E-state index contributed by atoms with van der Waals surface area (Å²) >= 11 is 0. The molecule has 3 fully saturated rings. The first-order valence-electron chi connectivity index (χ1n) is 8.44. The molecule has 3 nitrogen and oxygen atoms in total. The lowest BCUT2D eigenvalue weighted by Crippen LogP contribution is -2.56. The van der Waals surface area contributed by atoms with Crippen LogP contribution in [0.2, 0.25) is 0 Å². The lowest BCUT2D eigenvalue weighted by Gasteiger charge is -2.45. The van der Waals surface area contributed by atoms with Crippen molar-refractivity contribution in [3.05, 3.63) is 29.8 Å². The van der Waals surface area contributed by atoms with E-state index in [0.717, 1.165) is 17.7 Å². The second-order valence-electron chi connectivity index (χ2n) is 6.50. The number of fused-ring (bicyclic) bond motifs is 3. The highest BCUT2D eigenvalue weighted by atomic mass is 16.5. The number of aryl methyl sites for hydroxylation is 1. The van der Waals surface area contributed by atoms with Gasteiger partial charge in [0.25, 0.3) is 0 Å². The van der Waals surface area contributed by atoms with Gasteiger partial charge in [0, 0.05) is 12.6 Å². The molecule has 0 radical (unpaired) electrons. The predicted molar refractivity (Wildman–Crippen MR) is 86.9 cm³/mol. The summed E-state index contributed by atoms with van der Waals surface area (Å²) in [6.45, 7) is 5.12. The summed E-state index contributed by atoms with van der Waals surface area (Å²) in [5, 5.41) is 3.80. The van der Waals surface area contributed by atoms with Crippen molar-refractivity contribution in [2.45, 2.75) is 38.1 Å². The summed E-state index contributed by atoms with van der Waals surface area (Å²) in [6, 6.07) is 9.23. The average molecular weight is 288 g/mol. The number of unbranched alkanes of at least 4 members (excludes halogenated alkanes) is 1. The Balaban J connectivity index is 1.31. The number of piperidine rings is 3. The number of nitrogens with one attached hydrogen (secondary N) is 1. The highest BCUT2D eigenvalue weighted by molar-refractivity contribution is 5.27. The van der Waals surface area contributed by atoms with Crippen LogP contribution in [-0.2, 0) is 6.42 Å². The molecule has 1 aromatic carbocycles. The molecule has 116 valence electrons. The van der Waals surface area contributed by atoms with Gasteiger partial charge in [0.05, 0.1) is 7.11 Å². The van der Waals surface area contributed by atoms with Gasteiger partial charge in [-0.05, 0) is 75.4 Å². The third kappa shape index (κ3) is 3.98. The third-order valence-electron chi connectivity index (χ3n) is 5.11. The fourth-order valence-electron chi connectivity index (χ4n) is 3.73. The monoisotopic (exact) mass is 288 g/mol. The first-order valence-corrected chi connectivity index (χ1v) is 8.44. The van der Waals surface area contributed by atoms with Crippen LogP contribution < -0.4 is 10.1 Å². The molecule has 0 spiro atoms. The number of hydrogen-bond donors (Lipinski definition) is 1. The standard InChI is InChI=1S/C18H28N2O/c1-21-17-7-5-15(6-8-17)4-2-3-11-19-18-14-20-12-9-16(18)10-13-20/h5-8,16,18-19H,2-4,9-14H2,1H3. The van der Waals surface area contributed by atoms with Gasteiger partial charge in [-0.15, -0.1) is 0 Å². The van der Waals surface area contributed by atoms with Gasteiger partial charge in [-0.3, -0.25) is 0 Å². The molecule has 1 aromatic rings. The predicted octanol–water partition coefficient (Wildman–Crippen LogP) is 2.70. The van der Waals surface area contributed by atoms with Crippen molar-refractivity contribution in [1.29, 1.82) is 0 Å². The Morgan fingerprint density at radius 1 is 1.14 bits per heavy atom. The normalized spacial score (nSPS) is 27.8. The minimum atomic E-state index is 0.758. The van der Waals surface area contributed by atoms with E-state index in [4.69, 9.17) is 4.74 Å². The summed E-state index contributed by atoms with van der Waals surface area (Å²) in [7, 11) is 1.72. The Kier molecular flexibility index (Phi) is 5.15. The van der Waals surface area contributed by atoms with E-state index in [0.29, 0.717) is 0 Å². The summed E-state index contributed by atoms with van der Waals surface area (Å²) in [5.74, 6) is 1.89. The quantitative estimate of drug-likeness (QED) is 0.781. The minimum absolute atomic E-state index is 0.758. The molecule has 3 heterocycles. The van der Waals surface area contributed by atoms with Gasteiger partial charge in [-0.1, -0.05) is 12.1 Å². The van der Waals surface area contributed by atoms with Crippen LogP contribution in [-0.4, -0.2) is 44.2 Å². The summed E-state index contributed by atoms with van der Waals surface area (Å²) in [4.78, 5) is 2.62. The largest absolute Gasteiger partial charge is 0.497 e.